The zero-order valence-corrected chi connectivity index (χ0v) is 31.3. The van der Waals surface area contributed by atoms with Gasteiger partial charge in [-0.1, -0.05) is 226 Å². The van der Waals surface area contributed by atoms with Crippen LogP contribution in [-0.2, 0) is 9.53 Å². The highest BCUT2D eigenvalue weighted by Crippen LogP contribution is 2.38. The fourth-order valence-corrected chi connectivity index (χ4v) is 7.15. The number of unbranched alkanes of at least 4 members (excludes halogenated alkanes) is 29. The van der Waals surface area contributed by atoms with Crippen molar-refractivity contribution in [2.75, 3.05) is 6.61 Å². The average molecular weight is 621 g/mol. The van der Waals surface area contributed by atoms with E-state index in [9.17, 15) is 4.79 Å². The Hall–Kier alpha value is -0.530. The summed E-state index contributed by atoms with van der Waals surface area (Å²) in [5.74, 6) is 0.115. The first-order valence-electron chi connectivity index (χ1n) is 20.8. The van der Waals surface area contributed by atoms with E-state index in [2.05, 4.69) is 20.8 Å². The van der Waals surface area contributed by atoms with Gasteiger partial charge in [-0.15, -0.1) is 0 Å². The third kappa shape index (κ3) is 27.8. The first kappa shape index (κ1) is 43.5. The van der Waals surface area contributed by atoms with Crippen LogP contribution in [0.4, 0.5) is 0 Å². The lowest BCUT2D eigenvalue weighted by Crippen LogP contribution is -2.33. The molecule has 2 heteroatoms. The Morgan fingerprint density at radius 3 is 0.818 bits per heavy atom. The van der Waals surface area contributed by atoms with E-state index < -0.39 is 0 Å². The summed E-state index contributed by atoms with van der Waals surface area (Å²) in [4.78, 5) is 13.3. The maximum Gasteiger partial charge on any atom is 0.312 e. The number of rotatable bonds is 37. The molecule has 0 rings (SSSR count). The van der Waals surface area contributed by atoms with E-state index in [1.165, 1.54) is 199 Å². The van der Waals surface area contributed by atoms with Crippen LogP contribution in [0.25, 0.3) is 0 Å². The van der Waals surface area contributed by atoms with Gasteiger partial charge in [-0.25, -0.2) is 0 Å². The predicted molar refractivity (Wildman–Crippen MR) is 198 cm³/mol. The largest absolute Gasteiger partial charge is 0.466 e. The lowest BCUT2D eigenvalue weighted by atomic mass is 9.74. The van der Waals surface area contributed by atoms with Crippen LogP contribution < -0.4 is 0 Å². The first-order chi connectivity index (χ1) is 21.7. The Morgan fingerprint density at radius 2 is 0.568 bits per heavy atom. The molecule has 44 heavy (non-hydrogen) atoms. The van der Waals surface area contributed by atoms with Crippen molar-refractivity contribution >= 4 is 5.97 Å². The highest BCUT2D eigenvalue weighted by molar-refractivity contribution is 5.76. The lowest BCUT2D eigenvalue weighted by Gasteiger charge is -2.32. The van der Waals surface area contributed by atoms with Crippen LogP contribution in [0.5, 0.6) is 0 Å². The third-order valence-electron chi connectivity index (χ3n) is 10.2. The summed E-state index contributed by atoms with van der Waals surface area (Å²) >= 11 is 0. The molecule has 0 amide bonds. The molecule has 0 N–H and O–H groups in total. The standard InChI is InChI=1S/C42H84O2/c1-5-9-12-14-16-18-20-22-24-25-27-29-31-33-35-37-40-42(38-11-7-3,41(43)44-8-4)39-36-34-32-30-28-26-23-21-19-17-15-13-10-6-2/h5-40H2,1-4H3. The first-order valence-corrected chi connectivity index (χ1v) is 20.8. The molecule has 0 bridgehead atoms. The number of carbonyl (C=O) groups is 1. The van der Waals surface area contributed by atoms with Gasteiger partial charge in [0.25, 0.3) is 0 Å². The maximum atomic E-state index is 13.3. The molecule has 0 spiro atoms. The molecule has 0 aromatic rings. The molecule has 264 valence electrons. The second-order valence-corrected chi connectivity index (χ2v) is 14.5. The predicted octanol–water partition coefficient (Wildman–Crippen LogP) is 15.2. The Kier molecular flexibility index (Phi) is 34.9. The van der Waals surface area contributed by atoms with Crippen molar-refractivity contribution in [2.24, 2.45) is 5.41 Å². The van der Waals surface area contributed by atoms with Crippen molar-refractivity contribution in [3.63, 3.8) is 0 Å². The molecule has 0 aromatic carbocycles. The van der Waals surface area contributed by atoms with Crippen molar-refractivity contribution in [1.29, 1.82) is 0 Å². The SMILES string of the molecule is CCCCCCCCCCCCCCCCCCC(CCCC)(CCCCCCCCCCCCCCCC)C(=O)OCC. The minimum atomic E-state index is -0.223. The number of hydrogen-bond donors (Lipinski definition) is 0. The number of ether oxygens (including phenoxy) is 1. The van der Waals surface area contributed by atoms with E-state index in [1.54, 1.807) is 0 Å². The molecule has 0 heterocycles. The monoisotopic (exact) mass is 621 g/mol. The molecule has 0 aliphatic heterocycles. The van der Waals surface area contributed by atoms with Crippen molar-refractivity contribution in [3.8, 4) is 0 Å². The zero-order chi connectivity index (χ0) is 32.2. The molecule has 0 radical (unpaired) electrons. The summed E-state index contributed by atoms with van der Waals surface area (Å²) in [6.45, 7) is 9.35. The zero-order valence-electron chi connectivity index (χ0n) is 31.3. The highest BCUT2D eigenvalue weighted by atomic mass is 16.5. The number of esters is 1. The van der Waals surface area contributed by atoms with Crippen LogP contribution in [0, 0.1) is 5.41 Å². The van der Waals surface area contributed by atoms with E-state index in [4.69, 9.17) is 4.74 Å². The molecular formula is C42H84O2. The van der Waals surface area contributed by atoms with Gasteiger partial charge in [0, 0.05) is 0 Å². The minimum absolute atomic E-state index is 0.115. The second-order valence-electron chi connectivity index (χ2n) is 14.5. The van der Waals surface area contributed by atoms with Crippen molar-refractivity contribution in [3.05, 3.63) is 0 Å². The topological polar surface area (TPSA) is 26.3 Å². The molecular weight excluding hydrogens is 536 g/mol. The Balaban J connectivity index is 4.09. The fourth-order valence-electron chi connectivity index (χ4n) is 7.15. The molecule has 2 nitrogen and oxygen atoms in total. The van der Waals surface area contributed by atoms with E-state index in [1.807, 2.05) is 6.92 Å². The average Bonchev–Trinajstić information content (AvgIpc) is 3.03. The number of carbonyl (C=O) groups excluding carboxylic acids is 1. The van der Waals surface area contributed by atoms with Gasteiger partial charge in [0.15, 0.2) is 0 Å². The molecule has 0 aliphatic rings. The Labute approximate surface area is 279 Å². The maximum absolute atomic E-state index is 13.3. The smallest absolute Gasteiger partial charge is 0.312 e. The Morgan fingerprint density at radius 1 is 0.341 bits per heavy atom. The quantitative estimate of drug-likeness (QED) is 0.0510. The van der Waals surface area contributed by atoms with Gasteiger partial charge in [-0.3, -0.25) is 4.79 Å². The van der Waals surface area contributed by atoms with Gasteiger partial charge < -0.3 is 4.74 Å². The summed E-state index contributed by atoms with van der Waals surface area (Å²) < 4.78 is 5.71. The molecule has 0 saturated carbocycles. The van der Waals surface area contributed by atoms with E-state index >= 15 is 0 Å². The molecule has 0 fully saturated rings. The van der Waals surface area contributed by atoms with E-state index in [0.717, 1.165) is 25.7 Å². The van der Waals surface area contributed by atoms with Crippen molar-refractivity contribution in [2.45, 2.75) is 252 Å². The van der Waals surface area contributed by atoms with Gasteiger partial charge in [0.2, 0.25) is 0 Å². The molecule has 0 aliphatic carbocycles. The van der Waals surface area contributed by atoms with Gasteiger partial charge in [-0.2, -0.15) is 0 Å². The lowest BCUT2D eigenvalue weighted by molar-refractivity contribution is -0.157. The fraction of sp³-hybridized carbons (Fsp3) is 0.976. The van der Waals surface area contributed by atoms with Crippen molar-refractivity contribution in [1.82, 2.24) is 0 Å². The van der Waals surface area contributed by atoms with Gasteiger partial charge in [0.05, 0.1) is 12.0 Å². The summed E-state index contributed by atoms with van der Waals surface area (Å²) in [6, 6.07) is 0. The molecule has 0 aromatic heterocycles. The van der Waals surface area contributed by atoms with E-state index in [-0.39, 0.29) is 11.4 Å². The molecule has 0 saturated heterocycles. The van der Waals surface area contributed by atoms with E-state index in [0.29, 0.717) is 6.61 Å². The summed E-state index contributed by atoms with van der Waals surface area (Å²) in [6.07, 6.45) is 47.2. The van der Waals surface area contributed by atoms with Crippen LogP contribution in [0.1, 0.15) is 252 Å². The number of hydrogen-bond acceptors (Lipinski definition) is 2. The van der Waals surface area contributed by atoms with Crippen LogP contribution in [0.2, 0.25) is 0 Å². The van der Waals surface area contributed by atoms with Gasteiger partial charge >= 0.3 is 5.97 Å². The van der Waals surface area contributed by atoms with Gasteiger partial charge in [0.1, 0.15) is 0 Å². The molecule has 1 unspecified atom stereocenters. The summed E-state index contributed by atoms with van der Waals surface area (Å²) in [5, 5.41) is 0. The van der Waals surface area contributed by atoms with Crippen LogP contribution in [0.3, 0.4) is 0 Å². The van der Waals surface area contributed by atoms with Crippen LogP contribution in [-0.4, -0.2) is 12.6 Å². The normalized spacial score (nSPS) is 12.9. The van der Waals surface area contributed by atoms with Crippen molar-refractivity contribution < 1.29 is 9.53 Å². The van der Waals surface area contributed by atoms with Gasteiger partial charge in [-0.05, 0) is 26.2 Å². The minimum Gasteiger partial charge on any atom is -0.466 e. The summed E-state index contributed by atoms with van der Waals surface area (Å²) in [5.41, 5.74) is -0.223. The van der Waals surface area contributed by atoms with Crippen LogP contribution >= 0.6 is 0 Å². The highest BCUT2D eigenvalue weighted by Gasteiger charge is 2.38. The summed E-state index contributed by atoms with van der Waals surface area (Å²) in [7, 11) is 0. The third-order valence-corrected chi connectivity index (χ3v) is 10.2. The molecule has 1 atom stereocenters. The van der Waals surface area contributed by atoms with Crippen LogP contribution in [0.15, 0.2) is 0 Å². The second kappa shape index (κ2) is 35.3. The Bertz CT molecular complexity index is 558.